The molecule has 3 fully saturated rings. The molecule has 10 rings (SSSR count). The van der Waals surface area contributed by atoms with Crippen LogP contribution in [0.3, 0.4) is 0 Å². The zero-order valence-electron chi connectivity index (χ0n) is 36.7. The van der Waals surface area contributed by atoms with E-state index in [1.54, 1.807) is 0 Å². The Labute approximate surface area is 364 Å². The van der Waals surface area contributed by atoms with E-state index in [0.717, 1.165) is 107 Å². The van der Waals surface area contributed by atoms with Crippen molar-refractivity contribution in [3.63, 3.8) is 0 Å². The molecular weight excluding hydrogens is 769 g/mol. The first-order valence-electron chi connectivity index (χ1n) is 23.1. The fraction of sp³-hybridized carbons (Fsp3) is 0.415. The van der Waals surface area contributed by atoms with Gasteiger partial charge in [0, 0.05) is 42.4 Å². The molecule has 0 radical (unpaired) electrons. The van der Waals surface area contributed by atoms with Crippen molar-refractivity contribution in [1.29, 1.82) is 0 Å². The van der Waals surface area contributed by atoms with Gasteiger partial charge in [0.15, 0.2) is 0 Å². The van der Waals surface area contributed by atoms with Crippen LogP contribution in [0.2, 0.25) is 0 Å². The number of carbonyl (C=O) groups is 3. The number of carbonyl (C=O) groups excluding carboxylic acids is 3. The molecule has 2 N–H and O–H groups in total. The van der Waals surface area contributed by atoms with Crippen LogP contribution in [0.1, 0.15) is 102 Å². The molecule has 0 spiro atoms. The second-order valence-electron chi connectivity index (χ2n) is 19.2. The Bertz CT molecular complexity index is 2750. The summed E-state index contributed by atoms with van der Waals surface area (Å²) in [6.45, 7) is 12.2. The van der Waals surface area contributed by atoms with Crippen LogP contribution in [-0.4, -0.2) is 62.3 Å². The number of hydrogen-bond donors (Lipinski definition) is 2. The predicted octanol–water partition coefficient (Wildman–Crippen LogP) is 10.7. The molecule has 1 aliphatic carbocycles. The Kier molecular flexibility index (Phi) is 10.5. The van der Waals surface area contributed by atoms with E-state index < -0.39 is 6.04 Å². The molecular formula is C53H58N6O3. The van der Waals surface area contributed by atoms with Crippen LogP contribution >= 0.6 is 0 Å². The second kappa shape index (κ2) is 16.1. The lowest BCUT2D eigenvalue weighted by atomic mass is 9.84. The van der Waals surface area contributed by atoms with Crippen LogP contribution in [0.15, 0.2) is 96.0 Å². The zero-order valence-corrected chi connectivity index (χ0v) is 36.7. The molecule has 9 nitrogen and oxygen atoms in total. The first-order chi connectivity index (χ1) is 30.0. The third-order valence-corrected chi connectivity index (χ3v) is 14.8. The molecule has 4 aliphatic rings. The van der Waals surface area contributed by atoms with E-state index in [-0.39, 0.29) is 41.6 Å². The minimum atomic E-state index is -0.741. The molecule has 1 aromatic heterocycles. The Morgan fingerprint density at radius 3 is 2.23 bits per heavy atom. The molecule has 9 heteroatoms. The van der Waals surface area contributed by atoms with Crippen LogP contribution < -0.4 is 5.32 Å². The van der Waals surface area contributed by atoms with Gasteiger partial charge in [-0.2, -0.15) is 0 Å². The van der Waals surface area contributed by atoms with Gasteiger partial charge in [-0.3, -0.25) is 19.4 Å². The maximum atomic E-state index is 14.6. The van der Waals surface area contributed by atoms with Crippen molar-refractivity contribution in [2.24, 2.45) is 34.6 Å². The van der Waals surface area contributed by atoms with Gasteiger partial charge in [-0.15, -0.1) is 0 Å². The first-order valence-corrected chi connectivity index (χ1v) is 23.1. The number of aromatic nitrogens is 2. The molecule has 1 saturated carbocycles. The van der Waals surface area contributed by atoms with Gasteiger partial charge in [0.25, 0.3) is 0 Å². The number of hydrogen-bond acceptors (Lipinski definition) is 5. The summed E-state index contributed by atoms with van der Waals surface area (Å²) in [5.74, 6) is 2.02. The molecule has 318 valence electrons. The van der Waals surface area contributed by atoms with Crippen molar-refractivity contribution in [3.05, 3.63) is 108 Å². The van der Waals surface area contributed by atoms with Crippen molar-refractivity contribution >= 4 is 61.7 Å². The van der Waals surface area contributed by atoms with Gasteiger partial charge in [-0.05, 0) is 106 Å². The summed E-state index contributed by atoms with van der Waals surface area (Å²) in [6, 6.07) is 30.7. The quantitative estimate of drug-likeness (QED) is 0.143. The lowest BCUT2D eigenvalue weighted by molar-refractivity contribution is -0.139. The number of aliphatic imine (C=N–C) groups is 1. The number of amides is 3. The molecule has 0 unspecified atom stereocenters. The minimum Gasteiger partial charge on any atom is -0.340 e. The molecule has 3 amide bonds. The normalized spacial score (nSPS) is 22.3. The van der Waals surface area contributed by atoms with E-state index in [2.05, 4.69) is 110 Å². The van der Waals surface area contributed by atoms with E-state index >= 15 is 0 Å². The summed E-state index contributed by atoms with van der Waals surface area (Å²) < 4.78 is 0. The van der Waals surface area contributed by atoms with Gasteiger partial charge in [0.05, 0.1) is 28.8 Å². The smallest absolute Gasteiger partial charge is 0.250 e. The van der Waals surface area contributed by atoms with Gasteiger partial charge in [0.2, 0.25) is 17.7 Å². The molecule has 6 aromatic rings. The van der Waals surface area contributed by atoms with Crippen molar-refractivity contribution in [3.8, 4) is 11.1 Å². The number of benzene rings is 5. The number of rotatable bonds is 10. The second-order valence-corrected chi connectivity index (χ2v) is 19.2. The topological polar surface area (TPSA) is 111 Å². The van der Waals surface area contributed by atoms with Gasteiger partial charge in [-0.1, -0.05) is 114 Å². The van der Waals surface area contributed by atoms with Crippen LogP contribution in [0.25, 0.3) is 43.7 Å². The Balaban J connectivity index is 0.907. The predicted molar refractivity (Wildman–Crippen MR) is 248 cm³/mol. The standard InChI is InChI=1S/C53H58N6O3/c1-6-33-24-47(59(29-33)53(62)48(34-11-8-7-9-12-34)57-51(60)35-13-10-14-35)50-55-44-22-18-39-26-37(16-20-41(39)49(44)56-50)36-15-19-40-38(25-36)17-21-43-42(40)27-45(54-43)46-23-31(4)28-58(46)52(61)32(5)30(2)3/h7-9,11-12,15-22,25-26,30-33,35,46-48H,6,10,13-14,23-24,27-29H2,1-5H3,(H,55,56)(H,57,60)/t31-,32-,33-,46-,47-,48+/m0/s1. The summed E-state index contributed by atoms with van der Waals surface area (Å²) >= 11 is 0. The SMILES string of the molecule is CC[C@H]1C[C@@H](c2nc3c(ccc4cc(-c5ccc6c7c(ccc6c5)N=C([C@@H]5C[C@H](C)CN5C(=O)[C@@H](C)C(C)C)C7)ccc43)[nH]2)N(C(=O)[C@H](NC(=O)C2CCC2)c2ccccc2)C1. The highest BCUT2D eigenvalue weighted by Crippen LogP contribution is 2.42. The van der Waals surface area contributed by atoms with Crippen LogP contribution in [-0.2, 0) is 20.8 Å². The van der Waals surface area contributed by atoms with E-state index in [9.17, 15) is 14.4 Å². The van der Waals surface area contributed by atoms with E-state index in [1.807, 2.05) is 35.2 Å². The summed E-state index contributed by atoms with van der Waals surface area (Å²) in [7, 11) is 0. The van der Waals surface area contributed by atoms with Crippen molar-refractivity contribution < 1.29 is 14.4 Å². The third-order valence-electron chi connectivity index (χ3n) is 14.8. The lowest BCUT2D eigenvalue weighted by Gasteiger charge is -2.31. The average Bonchev–Trinajstić information content (AvgIpc) is 4.08. The number of nitrogens with zero attached hydrogens (tertiary/aromatic N) is 4. The van der Waals surface area contributed by atoms with Gasteiger partial charge < -0.3 is 20.1 Å². The van der Waals surface area contributed by atoms with E-state index in [1.165, 1.54) is 16.3 Å². The number of H-pyrrole nitrogens is 1. The molecule has 4 heterocycles. The molecule has 5 aromatic carbocycles. The average molecular weight is 827 g/mol. The Morgan fingerprint density at radius 1 is 0.806 bits per heavy atom. The Morgan fingerprint density at radius 2 is 1.52 bits per heavy atom. The molecule has 6 atom stereocenters. The fourth-order valence-corrected chi connectivity index (χ4v) is 10.5. The highest BCUT2D eigenvalue weighted by Gasteiger charge is 2.42. The van der Waals surface area contributed by atoms with Gasteiger partial charge in [0.1, 0.15) is 11.9 Å². The first kappa shape index (κ1) is 40.3. The van der Waals surface area contributed by atoms with Crippen LogP contribution in [0.4, 0.5) is 5.69 Å². The van der Waals surface area contributed by atoms with Crippen LogP contribution in [0.5, 0.6) is 0 Å². The maximum absolute atomic E-state index is 14.6. The number of imidazole rings is 1. The summed E-state index contributed by atoms with van der Waals surface area (Å²) in [5.41, 5.74) is 8.33. The Hall–Kier alpha value is -5.83. The van der Waals surface area contributed by atoms with Gasteiger partial charge in [-0.25, -0.2) is 4.98 Å². The molecule has 62 heavy (non-hydrogen) atoms. The number of likely N-dealkylation sites (tertiary alicyclic amines) is 2. The van der Waals surface area contributed by atoms with Crippen molar-refractivity contribution in [2.45, 2.75) is 97.7 Å². The molecule has 2 saturated heterocycles. The molecule has 0 bridgehead atoms. The monoisotopic (exact) mass is 826 g/mol. The number of aromatic amines is 1. The lowest BCUT2D eigenvalue weighted by Crippen LogP contribution is -2.45. The minimum absolute atomic E-state index is 0.00465. The van der Waals surface area contributed by atoms with Crippen molar-refractivity contribution in [1.82, 2.24) is 25.1 Å². The highest BCUT2D eigenvalue weighted by molar-refractivity contribution is 6.07. The highest BCUT2D eigenvalue weighted by atomic mass is 16.2. The summed E-state index contributed by atoms with van der Waals surface area (Å²) in [4.78, 5) is 59.5. The zero-order chi connectivity index (χ0) is 42.8. The summed E-state index contributed by atoms with van der Waals surface area (Å²) in [5, 5.41) is 7.72. The third kappa shape index (κ3) is 7.17. The largest absolute Gasteiger partial charge is 0.340 e. The van der Waals surface area contributed by atoms with Crippen molar-refractivity contribution in [2.75, 3.05) is 13.1 Å². The summed E-state index contributed by atoms with van der Waals surface area (Å²) in [6.07, 6.45) is 6.33. The van der Waals surface area contributed by atoms with Crippen LogP contribution in [0, 0.1) is 29.6 Å². The molecule has 3 aliphatic heterocycles. The number of fused-ring (bicyclic) bond motifs is 6. The number of nitrogens with one attached hydrogen (secondary N) is 2. The maximum Gasteiger partial charge on any atom is 0.250 e. The van der Waals surface area contributed by atoms with E-state index in [4.69, 9.17) is 9.98 Å². The van der Waals surface area contributed by atoms with Gasteiger partial charge >= 0.3 is 0 Å². The fourth-order valence-electron chi connectivity index (χ4n) is 10.5. The van der Waals surface area contributed by atoms with E-state index in [0.29, 0.717) is 24.3 Å².